The molecule has 3 aliphatic heterocycles. The monoisotopic (exact) mass is 638 g/mol. The first-order valence-corrected chi connectivity index (χ1v) is 16.0. The van der Waals surface area contributed by atoms with Crippen molar-refractivity contribution in [2.24, 2.45) is 23.2 Å². The number of nitrogens with zero attached hydrogens (tertiary/aromatic N) is 2. The largest absolute Gasteiger partial charge is 0.465 e. The number of ether oxygens (including phenoxy) is 2. The van der Waals surface area contributed by atoms with Gasteiger partial charge in [0, 0.05) is 16.9 Å². The fourth-order valence-corrected chi connectivity index (χ4v) is 8.53. The van der Waals surface area contributed by atoms with Gasteiger partial charge in [0.15, 0.2) is 0 Å². The van der Waals surface area contributed by atoms with E-state index in [0.717, 1.165) is 6.42 Å². The maximum Gasteiger partial charge on any atom is 0.312 e. The average molecular weight is 640 g/mol. The van der Waals surface area contributed by atoms with Crippen LogP contribution >= 0.6 is 15.9 Å². The predicted molar refractivity (Wildman–Crippen MR) is 163 cm³/mol. The molecule has 232 valence electrons. The minimum absolute atomic E-state index is 0.0662. The lowest BCUT2D eigenvalue weighted by Crippen LogP contribution is -2.63. The second-order valence-corrected chi connectivity index (χ2v) is 15.1. The Morgan fingerprint density at radius 2 is 1.93 bits per heavy atom. The van der Waals surface area contributed by atoms with Crippen molar-refractivity contribution in [1.82, 2.24) is 9.80 Å². The molecule has 0 aromatic carbocycles. The standard InChI is InChI=1S/C32H51BrN2O6/c1-10-13-14-16-40-29(39)23-24-27(37)35(22(18-36)20(4)12-3)26(32(24)17-21(33)25(23)41-32)28(38)34(15-11-2)31(8,9)19-30(5,6)7/h10-11,20-26,36H,1-2,12-19H2,3-9H3/t20-,21?,22-,23-,24-,25-,26?,32?/m0/s1. The molecular formula is C32H51BrN2O6. The van der Waals surface area contributed by atoms with E-state index >= 15 is 0 Å². The Bertz CT molecular complexity index is 1010. The van der Waals surface area contributed by atoms with Gasteiger partial charge < -0.3 is 24.4 Å². The maximum absolute atomic E-state index is 14.9. The molecule has 9 heteroatoms. The number of hydrogen-bond acceptors (Lipinski definition) is 6. The second-order valence-electron chi connectivity index (χ2n) is 13.9. The molecule has 3 heterocycles. The third kappa shape index (κ3) is 6.32. The summed E-state index contributed by atoms with van der Waals surface area (Å²) < 4.78 is 12.3. The number of esters is 1. The van der Waals surface area contributed by atoms with Crippen LogP contribution in [0.2, 0.25) is 0 Å². The Hall–Kier alpha value is -1.71. The van der Waals surface area contributed by atoms with E-state index in [1.54, 1.807) is 22.0 Å². The summed E-state index contributed by atoms with van der Waals surface area (Å²) >= 11 is 3.72. The van der Waals surface area contributed by atoms with Crippen LogP contribution in [-0.4, -0.2) is 86.6 Å². The molecule has 1 spiro atoms. The van der Waals surface area contributed by atoms with Crippen molar-refractivity contribution in [2.45, 2.75) is 115 Å². The molecule has 1 N–H and O–H groups in total. The van der Waals surface area contributed by atoms with E-state index in [2.05, 4.69) is 49.9 Å². The van der Waals surface area contributed by atoms with E-state index in [4.69, 9.17) is 9.47 Å². The van der Waals surface area contributed by atoms with Crippen LogP contribution in [0.25, 0.3) is 0 Å². The Morgan fingerprint density at radius 1 is 1.27 bits per heavy atom. The maximum atomic E-state index is 14.9. The number of hydrogen-bond donors (Lipinski definition) is 1. The van der Waals surface area contributed by atoms with E-state index in [1.165, 1.54) is 0 Å². The summed E-state index contributed by atoms with van der Waals surface area (Å²) in [5, 5.41) is 10.6. The van der Waals surface area contributed by atoms with Crippen molar-refractivity contribution in [1.29, 1.82) is 0 Å². The first-order chi connectivity index (χ1) is 19.1. The number of alkyl halides is 1. The summed E-state index contributed by atoms with van der Waals surface area (Å²) in [5.74, 6) is -2.81. The number of rotatable bonds is 14. The number of likely N-dealkylation sites (tertiary alicyclic amines) is 1. The fourth-order valence-electron chi connectivity index (χ4n) is 7.59. The van der Waals surface area contributed by atoms with Crippen LogP contribution < -0.4 is 0 Å². The van der Waals surface area contributed by atoms with E-state index in [-0.39, 0.29) is 41.2 Å². The quantitative estimate of drug-likeness (QED) is 0.126. The van der Waals surface area contributed by atoms with Crippen LogP contribution in [0.5, 0.6) is 0 Å². The third-order valence-electron chi connectivity index (χ3n) is 9.15. The molecule has 41 heavy (non-hydrogen) atoms. The third-order valence-corrected chi connectivity index (χ3v) is 9.99. The van der Waals surface area contributed by atoms with Crippen molar-refractivity contribution in [2.75, 3.05) is 19.8 Å². The average Bonchev–Trinajstić information content (AvgIpc) is 3.47. The summed E-state index contributed by atoms with van der Waals surface area (Å²) in [6.45, 7) is 22.3. The van der Waals surface area contributed by atoms with Gasteiger partial charge in [-0.2, -0.15) is 0 Å². The zero-order chi connectivity index (χ0) is 30.9. The highest BCUT2D eigenvalue weighted by atomic mass is 79.9. The van der Waals surface area contributed by atoms with Gasteiger partial charge in [-0.25, -0.2) is 0 Å². The predicted octanol–water partition coefficient (Wildman–Crippen LogP) is 4.88. The van der Waals surface area contributed by atoms with Gasteiger partial charge >= 0.3 is 5.97 Å². The molecule has 3 aliphatic rings. The number of halogens is 1. The van der Waals surface area contributed by atoms with Gasteiger partial charge in [0.25, 0.3) is 0 Å². The molecule has 3 rings (SSSR count). The van der Waals surface area contributed by atoms with E-state index in [9.17, 15) is 19.5 Å². The number of carbonyl (C=O) groups excluding carboxylic acids is 3. The molecule has 0 aromatic heterocycles. The molecule has 0 radical (unpaired) electrons. The molecule has 0 aromatic rings. The van der Waals surface area contributed by atoms with Crippen LogP contribution in [-0.2, 0) is 23.9 Å². The number of unbranched alkanes of at least 4 members (excludes halogenated alkanes) is 1. The van der Waals surface area contributed by atoms with Crippen LogP contribution in [0.4, 0.5) is 0 Å². The normalized spacial score (nSPS) is 30.6. The summed E-state index contributed by atoms with van der Waals surface area (Å²) in [5.41, 5.74) is -1.84. The molecule has 0 aliphatic carbocycles. The highest BCUT2D eigenvalue weighted by Crippen LogP contribution is 2.61. The highest BCUT2D eigenvalue weighted by molar-refractivity contribution is 9.09. The smallest absolute Gasteiger partial charge is 0.312 e. The van der Waals surface area contributed by atoms with E-state index in [1.807, 2.05) is 27.7 Å². The van der Waals surface area contributed by atoms with Crippen LogP contribution in [0, 0.1) is 23.2 Å². The molecule has 2 amide bonds. The van der Waals surface area contributed by atoms with E-state index < -0.39 is 47.1 Å². The number of carbonyl (C=O) groups is 3. The van der Waals surface area contributed by atoms with Gasteiger partial charge in [-0.3, -0.25) is 14.4 Å². The van der Waals surface area contributed by atoms with Crippen molar-refractivity contribution in [3.05, 3.63) is 25.3 Å². The van der Waals surface area contributed by atoms with Crippen LogP contribution in [0.1, 0.15) is 80.6 Å². The van der Waals surface area contributed by atoms with Gasteiger partial charge in [-0.1, -0.05) is 69.1 Å². The summed E-state index contributed by atoms with van der Waals surface area (Å²) in [4.78, 5) is 46.0. The van der Waals surface area contributed by atoms with Gasteiger partial charge in [-0.05, 0) is 50.9 Å². The minimum atomic E-state index is -1.21. The van der Waals surface area contributed by atoms with Crippen LogP contribution in [0.15, 0.2) is 25.3 Å². The van der Waals surface area contributed by atoms with Crippen molar-refractivity contribution >= 4 is 33.7 Å². The minimum Gasteiger partial charge on any atom is -0.465 e. The molecule has 2 bridgehead atoms. The Balaban J connectivity index is 2.13. The summed E-state index contributed by atoms with van der Waals surface area (Å²) in [7, 11) is 0. The fraction of sp³-hybridized carbons (Fsp3) is 0.781. The van der Waals surface area contributed by atoms with Crippen LogP contribution in [0.3, 0.4) is 0 Å². The second kappa shape index (κ2) is 12.9. The SMILES string of the molecule is C=CCCCOC(=O)[C@H]1[C@H]2C(=O)N([C@@H](CO)[C@@H](C)CC)C(C(=O)N(CC=C)C(C)(C)CC(C)(C)C)C23CC(Br)[C@@H]1O3. The number of aliphatic hydroxyl groups is 1. The molecule has 8 atom stereocenters. The first-order valence-electron chi connectivity index (χ1n) is 15.1. The van der Waals surface area contributed by atoms with Gasteiger partial charge in [0.1, 0.15) is 11.6 Å². The lowest BCUT2D eigenvalue weighted by atomic mass is 9.70. The molecule has 3 fully saturated rings. The van der Waals surface area contributed by atoms with Crippen molar-refractivity contribution < 1.29 is 29.0 Å². The Labute approximate surface area is 255 Å². The molecule has 0 saturated carbocycles. The van der Waals surface area contributed by atoms with E-state index in [0.29, 0.717) is 32.2 Å². The van der Waals surface area contributed by atoms with Crippen molar-refractivity contribution in [3.63, 3.8) is 0 Å². The van der Waals surface area contributed by atoms with Gasteiger partial charge in [-0.15, -0.1) is 13.2 Å². The topological polar surface area (TPSA) is 96.4 Å². The molecule has 8 nitrogen and oxygen atoms in total. The summed E-state index contributed by atoms with van der Waals surface area (Å²) in [6, 6.07) is -1.59. The Morgan fingerprint density at radius 3 is 2.46 bits per heavy atom. The van der Waals surface area contributed by atoms with Gasteiger partial charge in [0.2, 0.25) is 11.8 Å². The first kappa shape index (κ1) is 33.8. The summed E-state index contributed by atoms with van der Waals surface area (Å²) in [6.07, 6.45) is 6.08. The zero-order valence-corrected chi connectivity index (χ0v) is 27.6. The number of fused-ring (bicyclic) bond motifs is 1. The highest BCUT2D eigenvalue weighted by Gasteiger charge is 2.78. The number of aliphatic hydroxyl groups excluding tert-OH is 1. The lowest BCUT2D eigenvalue weighted by Gasteiger charge is -2.47. The van der Waals surface area contributed by atoms with Crippen molar-refractivity contribution in [3.8, 4) is 0 Å². The Kier molecular flexibility index (Phi) is 10.6. The van der Waals surface area contributed by atoms with Gasteiger partial charge in [0.05, 0.1) is 37.2 Å². The molecule has 3 unspecified atom stereocenters. The lowest BCUT2D eigenvalue weighted by molar-refractivity contribution is -0.158. The molecule has 3 saturated heterocycles. The molecular weight excluding hydrogens is 588 g/mol. The number of allylic oxidation sites excluding steroid dienone is 1. The number of amides is 2. The zero-order valence-electron chi connectivity index (χ0n) is 26.0.